The molecule has 0 aromatic rings. The lowest BCUT2D eigenvalue weighted by Gasteiger charge is -1.87. The molecular weight excluding hydrogens is 120 g/mol. The Hall–Kier alpha value is 0.0200. The van der Waals surface area contributed by atoms with Gasteiger partial charge in [0.15, 0.2) is 0 Å². The molecule has 0 unspecified atom stereocenters. The summed E-state index contributed by atoms with van der Waals surface area (Å²) in [6, 6.07) is 0. The van der Waals surface area contributed by atoms with Crippen LogP contribution in [0.3, 0.4) is 0 Å². The average molecular weight is 130 g/mol. The molecule has 2 heteroatoms. The molecule has 46 valence electrons. The Morgan fingerprint density at radius 3 is 3.12 bits per heavy atom. The van der Waals surface area contributed by atoms with Crippen LogP contribution in [0.1, 0.15) is 19.3 Å². The molecule has 1 fully saturated rings. The number of hydrogen-bond acceptors (Lipinski definition) is 2. The summed E-state index contributed by atoms with van der Waals surface area (Å²) in [4.78, 5) is 10.7. The lowest BCUT2D eigenvalue weighted by atomic mass is 10.2. The third-order valence-corrected chi connectivity index (χ3v) is 2.36. The second-order valence-corrected chi connectivity index (χ2v) is 3.15. The molecule has 0 spiro atoms. The van der Waals surface area contributed by atoms with E-state index in [1.54, 1.807) is 11.8 Å². The van der Waals surface area contributed by atoms with Crippen LogP contribution in [0.2, 0.25) is 0 Å². The first-order chi connectivity index (χ1) is 3.89. The summed E-state index contributed by atoms with van der Waals surface area (Å²) in [5.41, 5.74) is 0. The van der Waals surface area contributed by atoms with Gasteiger partial charge in [0.2, 0.25) is 0 Å². The van der Waals surface area contributed by atoms with Crippen molar-refractivity contribution in [2.45, 2.75) is 19.3 Å². The van der Waals surface area contributed by atoms with E-state index in [2.05, 4.69) is 0 Å². The molecule has 1 aliphatic rings. The quantitative estimate of drug-likeness (QED) is 0.494. The van der Waals surface area contributed by atoms with Gasteiger partial charge in [0.05, 0.1) is 5.75 Å². The maximum atomic E-state index is 10.7. The SMILES string of the molecule is O=C1CCCCSC1. The minimum Gasteiger partial charge on any atom is -0.299 e. The van der Waals surface area contributed by atoms with Crippen molar-refractivity contribution in [2.24, 2.45) is 0 Å². The molecular formula is C6H10OS. The molecule has 1 saturated heterocycles. The van der Waals surface area contributed by atoms with E-state index in [9.17, 15) is 4.79 Å². The van der Waals surface area contributed by atoms with E-state index in [-0.39, 0.29) is 0 Å². The van der Waals surface area contributed by atoms with Gasteiger partial charge in [0, 0.05) is 6.42 Å². The van der Waals surface area contributed by atoms with Crippen molar-refractivity contribution in [1.82, 2.24) is 0 Å². The lowest BCUT2D eigenvalue weighted by molar-refractivity contribution is -0.116. The molecule has 0 aliphatic carbocycles. The Bertz CT molecular complexity index is 80.5. The van der Waals surface area contributed by atoms with Crippen LogP contribution in [0.4, 0.5) is 0 Å². The van der Waals surface area contributed by atoms with Crippen LogP contribution in [0.5, 0.6) is 0 Å². The topological polar surface area (TPSA) is 17.1 Å². The fourth-order valence-electron chi connectivity index (χ4n) is 0.784. The number of rotatable bonds is 0. The van der Waals surface area contributed by atoms with Crippen LogP contribution >= 0.6 is 11.8 Å². The molecule has 0 N–H and O–H groups in total. The summed E-state index contributed by atoms with van der Waals surface area (Å²) < 4.78 is 0. The van der Waals surface area contributed by atoms with Crippen molar-refractivity contribution in [1.29, 1.82) is 0 Å². The largest absolute Gasteiger partial charge is 0.299 e. The van der Waals surface area contributed by atoms with Gasteiger partial charge in [-0.2, -0.15) is 11.8 Å². The van der Waals surface area contributed by atoms with Crippen molar-refractivity contribution >= 4 is 17.5 Å². The maximum Gasteiger partial charge on any atom is 0.142 e. The highest BCUT2D eigenvalue weighted by Crippen LogP contribution is 2.12. The molecule has 0 aromatic carbocycles. The zero-order valence-electron chi connectivity index (χ0n) is 4.85. The van der Waals surface area contributed by atoms with Crippen LogP contribution in [0.15, 0.2) is 0 Å². The number of carbonyl (C=O) groups excluding carboxylic acids is 1. The fraction of sp³-hybridized carbons (Fsp3) is 0.833. The molecule has 1 heterocycles. The number of ketones is 1. The van der Waals surface area contributed by atoms with E-state index in [1.807, 2.05) is 0 Å². The normalized spacial score (nSPS) is 22.8. The number of hydrogen-bond donors (Lipinski definition) is 0. The molecule has 1 nitrogen and oxygen atoms in total. The second kappa shape index (κ2) is 3.13. The maximum absolute atomic E-state index is 10.7. The summed E-state index contributed by atoms with van der Waals surface area (Å²) >= 11 is 1.77. The van der Waals surface area contributed by atoms with Gasteiger partial charge < -0.3 is 0 Å². The van der Waals surface area contributed by atoms with Crippen LogP contribution in [-0.2, 0) is 4.79 Å². The molecule has 0 radical (unpaired) electrons. The smallest absolute Gasteiger partial charge is 0.142 e. The van der Waals surface area contributed by atoms with Crippen LogP contribution in [0.25, 0.3) is 0 Å². The fourth-order valence-corrected chi connectivity index (χ4v) is 1.71. The predicted molar refractivity (Wildman–Crippen MR) is 36.2 cm³/mol. The summed E-state index contributed by atoms with van der Waals surface area (Å²) in [5, 5.41) is 0. The summed E-state index contributed by atoms with van der Waals surface area (Å²) in [5.74, 6) is 2.39. The number of carbonyl (C=O) groups is 1. The molecule has 0 aromatic heterocycles. The van der Waals surface area contributed by atoms with Gasteiger partial charge in [0.1, 0.15) is 5.78 Å². The van der Waals surface area contributed by atoms with Gasteiger partial charge in [-0.15, -0.1) is 0 Å². The van der Waals surface area contributed by atoms with E-state index < -0.39 is 0 Å². The van der Waals surface area contributed by atoms with Gasteiger partial charge in [-0.25, -0.2) is 0 Å². The van der Waals surface area contributed by atoms with E-state index in [4.69, 9.17) is 0 Å². The zero-order valence-corrected chi connectivity index (χ0v) is 5.67. The van der Waals surface area contributed by atoms with Crippen LogP contribution in [-0.4, -0.2) is 17.3 Å². The van der Waals surface area contributed by atoms with E-state index >= 15 is 0 Å². The number of Topliss-reactive ketones (excluding diaryl/α,β-unsaturated/α-hetero) is 1. The van der Waals surface area contributed by atoms with E-state index in [1.165, 1.54) is 12.2 Å². The molecule has 0 bridgehead atoms. The number of thioether (sulfide) groups is 1. The third-order valence-electron chi connectivity index (χ3n) is 1.26. The van der Waals surface area contributed by atoms with Gasteiger partial charge in [-0.05, 0) is 18.6 Å². The van der Waals surface area contributed by atoms with Crippen molar-refractivity contribution in [3.05, 3.63) is 0 Å². The van der Waals surface area contributed by atoms with Gasteiger partial charge in [0.25, 0.3) is 0 Å². The minimum absolute atomic E-state index is 0.438. The first-order valence-electron chi connectivity index (χ1n) is 2.99. The zero-order chi connectivity index (χ0) is 5.82. The third kappa shape index (κ3) is 1.86. The van der Waals surface area contributed by atoms with E-state index in [0.29, 0.717) is 5.78 Å². The van der Waals surface area contributed by atoms with Gasteiger partial charge >= 0.3 is 0 Å². The van der Waals surface area contributed by atoms with Crippen molar-refractivity contribution in [2.75, 3.05) is 11.5 Å². The Balaban J connectivity index is 2.27. The first-order valence-corrected chi connectivity index (χ1v) is 4.14. The summed E-state index contributed by atoms with van der Waals surface area (Å²) in [7, 11) is 0. The van der Waals surface area contributed by atoms with Gasteiger partial charge in [-0.3, -0.25) is 4.79 Å². The summed E-state index contributed by atoms with van der Waals surface area (Å²) in [6.07, 6.45) is 3.18. The highest BCUT2D eigenvalue weighted by atomic mass is 32.2. The van der Waals surface area contributed by atoms with Crippen molar-refractivity contribution in [3.8, 4) is 0 Å². The molecule has 0 amide bonds. The summed E-state index contributed by atoms with van der Waals surface area (Å²) in [6.45, 7) is 0. The average Bonchev–Trinajstić information content (AvgIpc) is 1.94. The van der Waals surface area contributed by atoms with Crippen molar-refractivity contribution < 1.29 is 4.79 Å². The Morgan fingerprint density at radius 2 is 2.25 bits per heavy atom. The molecule has 1 aliphatic heterocycles. The van der Waals surface area contributed by atoms with Crippen LogP contribution in [0, 0.1) is 0 Å². The highest BCUT2D eigenvalue weighted by molar-refractivity contribution is 7.99. The molecule has 0 atom stereocenters. The second-order valence-electron chi connectivity index (χ2n) is 2.05. The first kappa shape index (κ1) is 6.14. The lowest BCUT2D eigenvalue weighted by Crippen LogP contribution is -1.96. The van der Waals surface area contributed by atoms with Crippen molar-refractivity contribution in [3.63, 3.8) is 0 Å². The molecule has 1 rings (SSSR count). The monoisotopic (exact) mass is 130 g/mol. The Labute approximate surface area is 53.8 Å². The minimum atomic E-state index is 0.438. The molecule has 0 saturated carbocycles. The van der Waals surface area contributed by atoms with E-state index in [0.717, 1.165) is 18.6 Å². The molecule has 8 heavy (non-hydrogen) atoms. The highest BCUT2D eigenvalue weighted by Gasteiger charge is 2.05. The standard InChI is InChI=1S/C6H10OS/c7-6-3-1-2-4-8-5-6/h1-5H2. The predicted octanol–water partition coefficient (Wildman–Crippen LogP) is 1.47. The van der Waals surface area contributed by atoms with Crippen LogP contribution < -0.4 is 0 Å². The van der Waals surface area contributed by atoms with Gasteiger partial charge in [-0.1, -0.05) is 0 Å². The Morgan fingerprint density at radius 1 is 1.38 bits per heavy atom. The Kier molecular flexibility index (Phi) is 2.40.